The van der Waals surface area contributed by atoms with Gasteiger partial charge < -0.3 is 10.0 Å². The van der Waals surface area contributed by atoms with E-state index in [0.717, 1.165) is 31.5 Å². The number of carbonyl (C=O) groups is 2. The van der Waals surface area contributed by atoms with E-state index in [1.807, 2.05) is 4.90 Å². The van der Waals surface area contributed by atoms with Crippen LogP contribution in [0.5, 0.6) is 5.75 Å². The summed E-state index contributed by atoms with van der Waals surface area (Å²) in [6.07, 6.45) is 3.14. The number of aryl methyl sites for hydroxylation is 1. The molecule has 2 fully saturated rings. The molecule has 1 saturated heterocycles. The Morgan fingerprint density at radius 3 is 2.50 bits per heavy atom. The molecule has 0 unspecified atom stereocenters. The summed E-state index contributed by atoms with van der Waals surface area (Å²) in [4.78, 5) is 25.4. The molecule has 1 heterocycles. The number of phenolic OH excluding ortho intramolecular Hbond substituents is 1. The van der Waals surface area contributed by atoms with Gasteiger partial charge in [-0.25, -0.2) is 0 Å². The van der Waals surface area contributed by atoms with Crippen molar-refractivity contribution in [3.63, 3.8) is 0 Å². The smallest absolute Gasteiger partial charge is 0.254 e. The summed E-state index contributed by atoms with van der Waals surface area (Å²) in [5.41, 5.74) is 1.48. The minimum Gasteiger partial charge on any atom is -0.508 e. The lowest BCUT2D eigenvalue weighted by atomic mass is 9.68. The van der Waals surface area contributed by atoms with Crippen molar-refractivity contribution in [3.05, 3.63) is 29.3 Å². The summed E-state index contributed by atoms with van der Waals surface area (Å²) in [5.74, 6) is 0.487. The third-order valence-corrected chi connectivity index (χ3v) is 4.66. The van der Waals surface area contributed by atoms with Gasteiger partial charge in [-0.1, -0.05) is 6.07 Å². The second-order valence-corrected chi connectivity index (χ2v) is 6.20. The molecule has 4 heteroatoms. The molecule has 1 aromatic rings. The largest absolute Gasteiger partial charge is 0.508 e. The van der Waals surface area contributed by atoms with E-state index in [2.05, 4.69) is 0 Å². The highest BCUT2D eigenvalue weighted by Gasteiger charge is 2.46. The van der Waals surface area contributed by atoms with E-state index in [0.29, 0.717) is 24.2 Å². The average molecular weight is 273 g/mol. The van der Waals surface area contributed by atoms with Gasteiger partial charge in [-0.05, 0) is 37.5 Å². The molecular weight excluding hydrogens is 254 g/mol. The van der Waals surface area contributed by atoms with Crippen molar-refractivity contribution in [2.75, 3.05) is 13.1 Å². The molecule has 2 aliphatic rings. The van der Waals surface area contributed by atoms with Crippen LogP contribution in [0.1, 0.15) is 41.6 Å². The van der Waals surface area contributed by atoms with Gasteiger partial charge in [0.2, 0.25) is 0 Å². The molecule has 0 atom stereocenters. The number of likely N-dealkylation sites (tertiary alicyclic amines) is 1. The van der Waals surface area contributed by atoms with Crippen LogP contribution >= 0.6 is 0 Å². The van der Waals surface area contributed by atoms with Crippen LogP contribution in [0.2, 0.25) is 0 Å². The number of benzene rings is 1. The molecule has 1 N–H and O–H groups in total. The molecular formula is C16H19NO3. The van der Waals surface area contributed by atoms with Crippen LogP contribution in [0, 0.1) is 12.3 Å². The van der Waals surface area contributed by atoms with Gasteiger partial charge in [-0.15, -0.1) is 0 Å². The minimum absolute atomic E-state index is 0.0252. The van der Waals surface area contributed by atoms with Crippen molar-refractivity contribution in [2.45, 2.75) is 32.6 Å². The number of ketones is 1. The summed E-state index contributed by atoms with van der Waals surface area (Å²) in [6.45, 7) is 3.29. The van der Waals surface area contributed by atoms with E-state index in [1.54, 1.807) is 19.1 Å². The van der Waals surface area contributed by atoms with Crippen LogP contribution in [0.3, 0.4) is 0 Å². The van der Waals surface area contributed by atoms with E-state index in [9.17, 15) is 14.7 Å². The van der Waals surface area contributed by atoms with Crippen LogP contribution in [0.4, 0.5) is 0 Å². The quantitative estimate of drug-likeness (QED) is 0.854. The van der Waals surface area contributed by atoms with Crippen LogP contribution in [-0.2, 0) is 4.79 Å². The second-order valence-electron chi connectivity index (χ2n) is 6.20. The van der Waals surface area contributed by atoms with Crippen LogP contribution < -0.4 is 0 Å². The molecule has 106 valence electrons. The number of aromatic hydroxyl groups is 1. The lowest BCUT2D eigenvalue weighted by Crippen LogP contribution is -2.59. The average Bonchev–Trinajstić information content (AvgIpc) is 2.40. The molecule has 1 spiro atoms. The number of phenols is 1. The molecule has 3 rings (SSSR count). The van der Waals surface area contributed by atoms with E-state index in [-0.39, 0.29) is 17.1 Å². The molecule has 1 aliphatic carbocycles. The van der Waals surface area contributed by atoms with Crippen LogP contribution in [0.15, 0.2) is 18.2 Å². The maximum absolute atomic E-state index is 12.3. The zero-order valence-corrected chi connectivity index (χ0v) is 11.7. The van der Waals surface area contributed by atoms with E-state index < -0.39 is 0 Å². The predicted octanol–water partition coefficient (Wildman–Crippen LogP) is 2.29. The summed E-state index contributed by atoms with van der Waals surface area (Å²) >= 11 is 0. The van der Waals surface area contributed by atoms with Crippen molar-refractivity contribution in [1.82, 2.24) is 4.90 Å². The summed E-state index contributed by atoms with van der Waals surface area (Å²) < 4.78 is 0. The van der Waals surface area contributed by atoms with E-state index in [1.165, 1.54) is 6.07 Å². The Labute approximate surface area is 118 Å². The Morgan fingerprint density at radius 1 is 1.25 bits per heavy atom. The fourth-order valence-electron chi connectivity index (χ4n) is 3.21. The molecule has 0 aromatic heterocycles. The zero-order chi connectivity index (χ0) is 14.3. The molecule has 0 bridgehead atoms. The van der Waals surface area contributed by atoms with Gasteiger partial charge in [0.25, 0.3) is 5.91 Å². The standard InChI is InChI=1S/C16H19NO3/c1-11-2-3-12(8-14(11)19)15(20)17-9-16(10-17)6-4-13(18)5-7-16/h2-3,8,19H,4-7,9-10H2,1H3. The number of nitrogens with zero attached hydrogens (tertiary/aromatic N) is 1. The normalized spacial score (nSPS) is 20.9. The van der Waals surface area contributed by atoms with Gasteiger partial charge in [-0.3, -0.25) is 9.59 Å². The van der Waals surface area contributed by atoms with Crippen molar-refractivity contribution < 1.29 is 14.7 Å². The molecule has 1 amide bonds. The van der Waals surface area contributed by atoms with Gasteiger partial charge in [0, 0.05) is 36.9 Å². The lowest BCUT2D eigenvalue weighted by molar-refractivity contribution is -0.125. The highest BCUT2D eigenvalue weighted by molar-refractivity contribution is 5.95. The Morgan fingerprint density at radius 2 is 1.90 bits per heavy atom. The number of carbonyl (C=O) groups excluding carboxylic acids is 2. The first-order chi connectivity index (χ1) is 9.49. The third kappa shape index (κ3) is 2.19. The number of rotatable bonds is 1. The predicted molar refractivity (Wildman–Crippen MR) is 74.7 cm³/mol. The Hall–Kier alpha value is -1.84. The number of Topliss-reactive ketones (excluding diaryl/α,β-unsaturated/α-hetero) is 1. The van der Waals surface area contributed by atoms with Crippen molar-refractivity contribution in [2.24, 2.45) is 5.41 Å². The van der Waals surface area contributed by atoms with E-state index >= 15 is 0 Å². The first kappa shape index (κ1) is 13.2. The first-order valence-corrected chi connectivity index (χ1v) is 7.10. The fraction of sp³-hybridized carbons (Fsp3) is 0.500. The molecule has 0 radical (unpaired) electrons. The summed E-state index contributed by atoms with van der Waals surface area (Å²) in [7, 11) is 0. The first-order valence-electron chi connectivity index (χ1n) is 7.10. The Bertz CT molecular complexity index is 561. The monoisotopic (exact) mass is 273 g/mol. The van der Waals surface area contributed by atoms with Gasteiger partial charge >= 0.3 is 0 Å². The zero-order valence-electron chi connectivity index (χ0n) is 11.7. The number of amides is 1. The Kier molecular flexibility index (Phi) is 3.04. The summed E-state index contributed by atoms with van der Waals surface area (Å²) in [6, 6.07) is 5.05. The Balaban J connectivity index is 1.66. The molecule has 1 aliphatic heterocycles. The number of hydrogen-bond acceptors (Lipinski definition) is 3. The van der Waals surface area contributed by atoms with Crippen LogP contribution in [-0.4, -0.2) is 34.8 Å². The van der Waals surface area contributed by atoms with Gasteiger partial charge in [0.15, 0.2) is 0 Å². The maximum atomic E-state index is 12.3. The van der Waals surface area contributed by atoms with Crippen LogP contribution in [0.25, 0.3) is 0 Å². The summed E-state index contributed by atoms with van der Waals surface area (Å²) in [5, 5.41) is 9.68. The van der Waals surface area contributed by atoms with Crippen molar-refractivity contribution in [3.8, 4) is 5.75 Å². The minimum atomic E-state index is -0.0252. The van der Waals surface area contributed by atoms with Gasteiger partial charge in [-0.2, -0.15) is 0 Å². The molecule has 4 nitrogen and oxygen atoms in total. The van der Waals surface area contributed by atoms with Crippen molar-refractivity contribution >= 4 is 11.7 Å². The van der Waals surface area contributed by atoms with Crippen molar-refractivity contribution in [1.29, 1.82) is 0 Å². The topological polar surface area (TPSA) is 57.6 Å². The van der Waals surface area contributed by atoms with Gasteiger partial charge in [0.1, 0.15) is 11.5 Å². The highest BCUT2D eigenvalue weighted by Crippen LogP contribution is 2.43. The highest BCUT2D eigenvalue weighted by atomic mass is 16.3. The lowest BCUT2D eigenvalue weighted by Gasteiger charge is -2.52. The SMILES string of the molecule is Cc1ccc(C(=O)N2CC3(CCC(=O)CC3)C2)cc1O. The third-order valence-electron chi connectivity index (χ3n) is 4.66. The van der Waals surface area contributed by atoms with Gasteiger partial charge in [0.05, 0.1) is 0 Å². The molecule has 20 heavy (non-hydrogen) atoms. The molecule has 1 saturated carbocycles. The van der Waals surface area contributed by atoms with E-state index in [4.69, 9.17) is 0 Å². The number of hydrogen-bond donors (Lipinski definition) is 1. The fourth-order valence-corrected chi connectivity index (χ4v) is 3.21. The maximum Gasteiger partial charge on any atom is 0.254 e. The second kappa shape index (κ2) is 4.62. The molecule has 1 aromatic carbocycles.